The Morgan fingerprint density at radius 2 is 1.71 bits per heavy atom. The van der Waals surface area contributed by atoms with Crippen LogP contribution in [0, 0.1) is 0 Å². The summed E-state index contributed by atoms with van der Waals surface area (Å²) in [5.41, 5.74) is 0.905. The number of carbonyl (C=O) groups excluding carboxylic acids is 2. The highest BCUT2D eigenvalue weighted by Crippen LogP contribution is 2.43. The molecule has 0 saturated heterocycles. The predicted octanol–water partition coefficient (Wildman–Crippen LogP) is 5.09. The highest BCUT2D eigenvalue weighted by Gasteiger charge is 2.27. The lowest BCUT2D eigenvalue weighted by atomic mass is 9.79. The van der Waals surface area contributed by atoms with Gasteiger partial charge in [0.2, 0.25) is 5.91 Å². The first-order valence-corrected chi connectivity index (χ1v) is 11.9. The molecule has 7 heteroatoms. The number of phenolic OH excluding ortho intramolecular Hbond substituents is 2. The van der Waals surface area contributed by atoms with E-state index in [1.807, 2.05) is 44.2 Å². The number of unbranched alkanes of at least 4 members (excludes halogenated alkanes) is 1. The van der Waals surface area contributed by atoms with Crippen LogP contribution >= 0.6 is 0 Å². The second-order valence-electron chi connectivity index (χ2n) is 8.99. The molecule has 0 aromatic heterocycles. The van der Waals surface area contributed by atoms with Gasteiger partial charge < -0.3 is 25.0 Å². The fourth-order valence-electron chi connectivity index (χ4n) is 3.66. The summed E-state index contributed by atoms with van der Waals surface area (Å²) in [6.07, 6.45) is 3.61. The summed E-state index contributed by atoms with van der Waals surface area (Å²) in [7, 11) is 0. The summed E-state index contributed by atoms with van der Waals surface area (Å²) in [5, 5.41) is 23.7. The van der Waals surface area contributed by atoms with Crippen LogP contribution < -0.4 is 5.32 Å². The van der Waals surface area contributed by atoms with E-state index in [0.717, 1.165) is 18.4 Å². The Balaban J connectivity index is 1.91. The second kappa shape index (κ2) is 13.6. The van der Waals surface area contributed by atoms with Crippen LogP contribution in [0.3, 0.4) is 0 Å². The maximum atomic E-state index is 12.5. The summed E-state index contributed by atoms with van der Waals surface area (Å²) in [6, 6.07) is 12.3. The van der Waals surface area contributed by atoms with Crippen molar-refractivity contribution in [1.29, 1.82) is 0 Å². The van der Waals surface area contributed by atoms with E-state index in [4.69, 9.17) is 9.47 Å². The maximum absolute atomic E-state index is 12.5. The van der Waals surface area contributed by atoms with Gasteiger partial charge in [-0.25, -0.2) is 0 Å². The number of hydrogen-bond acceptors (Lipinski definition) is 6. The average Bonchev–Trinajstić information content (AvgIpc) is 2.79. The zero-order chi connectivity index (χ0) is 25.0. The van der Waals surface area contributed by atoms with Crippen molar-refractivity contribution in [3.63, 3.8) is 0 Å². The Hall–Kier alpha value is -3.06. The fraction of sp³-hybridized carbons (Fsp3) is 0.481. The van der Waals surface area contributed by atoms with Crippen LogP contribution in [0.5, 0.6) is 11.5 Å². The Labute approximate surface area is 202 Å². The third kappa shape index (κ3) is 8.71. The van der Waals surface area contributed by atoms with E-state index in [1.165, 1.54) is 6.07 Å². The van der Waals surface area contributed by atoms with Gasteiger partial charge in [-0.1, -0.05) is 63.6 Å². The van der Waals surface area contributed by atoms with Crippen LogP contribution in [-0.2, 0) is 30.9 Å². The van der Waals surface area contributed by atoms with Crippen molar-refractivity contribution in [3.8, 4) is 11.5 Å². The number of nitrogens with one attached hydrogen (secondary N) is 1. The van der Waals surface area contributed by atoms with E-state index in [9.17, 15) is 19.8 Å². The molecule has 0 fully saturated rings. The van der Waals surface area contributed by atoms with Gasteiger partial charge in [0.15, 0.2) is 0 Å². The van der Waals surface area contributed by atoms with E-state index in [1.54, 1.807) is 6.07 Å². The number of rotatable bonds is 14. The van der Waals surface area contributed by atoms with Gasteiger partial charge in [-0.15, -0.1) is 0 Å². The van der Waals surface area contributed by atoms with E-state index in [-0.39, 0.29) is 48.5 Å². The minimum Gasteiger partial charge on any atom is -0.506 e. The molecule has 2 rings (SSSR count). The number of esters is 1. The molecule has 7 nitrogen and oxygen atoms in total. The van der Waals surface area contributed by atoms with Crippen LogP contribution in [0.2, 0.25) is 0 Å². The molecule has 1 amide bonds. The molecular formula is C27H37NO6. The number of benzene rings is 2. The van der Waals surface area contributed by atoms with Crippen molar-refractivity contribution < 1.29 is 29.3 Å². The number of ether oxygens (including phenoxy) is 2. The SMILES string of the molecule is CCCCOCCOC(=O)CCCC(C)(C)c1ccc(O)c(NC(=O)Cc2ccccc2)c1O. The first-order chi connectivity index (χ1) is 16.2. The summed E-state index contributed by atoms with van der Waals surface area (Å²) in [4.78, 5) is 24.4. The molecule has 0 saturated carbocycles. The lowest BCUT2D eigenvalue weighted by Gasteiger charge is -2.27. The fourth-order valence-corrected chi connectivity index (χ4v) is 3.66. The first-order valence-electron chi connectivity index (χ1n) is 11.9. The van der Waals surface area contributed by atoms with Gasteiger partial charge in [0.25, 0.3) is 0 Å². The lowest BCUT2D eigenvalue weighted by molar-refractivity contribution is -0.145. The highest BCUT2D eigenvalue weighted by atomic mass is 16.6. The standard InChI is InChI=1S/C27H37NO6/c1-4-5-16-33-17-18-34-24(31)12-9-15-27(2,3)21-13-14-22(29)25(26(21)32)28-23(30)19-20-10-7-6-8-11-20/h6-8,10-11,13-14,29,32H,4-5,9,12,15-19H2,1-3H3,(H,28,30). The second-order valence-corrected chi connectivity index (χ2v) is 8.99. The molecule has 0 spiro atoms. The van der Waals surface area contributed by atoms with Crippen LogP contribution in [0.25, 0.3) is 0 Å². The topological polar surface area (TPSA) is 105 Å². The lowest BCUT2D eigenvalue weighted by Crippen LogP contribution is -2.20. The van der Waals surface area contributed by atoms with E-state index < -0.39 is 5.41 Å². The molecule has 0 bridgehead atoms. The highest BCUT2D eigenvalue weighted by molar-refractivity contribution is 5.95. The zero-order valence-electron chi connectivity index (χ0n) is 20.4. The number of phenols is 2. The number of carbonyl (C=O) groups is 2. The van der Waals surface area contributed by atoms with Gasteiger partial charge in [0.05, 0.1) is 13.0 Å². The Morgan fingerprint density at radius 3 is 2.41 bits per heavy atom. The number of anilines is 1. The Morgan fingerprint density at radius 1 is 0.971 bits per heavy atom. The molecule has 0 aliphatic heterocycles. The third-order valence-corrected chi connectivity index (χ3v) is 5.67. The van der Waals surface area contributed by atoms with E-state index in [2.05, 4.69) is 12.2 Å². The minimum atomic E-state index is -0.500. The molecule has 2 aromatic carbocycles. The molecule has 0 aliphatic carbocycles. The number of hydrogen-bond donors (Lipinski definition) is 3. The number of amides is 1. The molecule has 2 aromatic rings. The summed E-state index contributed by atoms with van der Waals surface area (Å²) < 4.78 is 10.6. The molecule has 0 atom stereocenters. The van der Waals surface area contributed by atoms with Gasteiger partial charge in [0.1, 0.15) is 23.8 Å². The van der Waals surface area contributed by atoms with Gasteiger partial charge in [-0.2, -0.15) is 0 Å². The van der Waals surface area contributed by atoms with E-state index >= 15 is 0 Å². The zero-order valence-corrected chi connectivity index (χ0v) is 20.4. The molecule has 3 N–H and O–H groups in total. The van der Waals surface area contributed by atoms with E-state index in [0.29, 0.717) is 31.6 Å². The molecule has 186 valence electrons. The predicted molar refractivity (Wildman–Crippen MR) is 132 cm³/mol. The van der Waals surface area contributed by atoms with Gasteiger partial charge in [0, 0.05) is 18.6 Å². The molecule has 0 heterocycles. The Bertz CT molecular complexity index is 926. The van der Waals surface area contributed by atoms with Crippen LogP contribution in [0.15, 0.2) is 42.5 Å². The van der Waals surface area contributed by atoms with Crippen molar-refractivity contribution in [2.45, 2.75) is 64.7 Å². The molecular weight excluding hydrogens is 434 g/mol. The first kappa shape index (κ1) is 27.2. The van der Waals surface area contributed by atoms with Crippen LogP contribution in [0.1, 0.15) is 64.0 Å². The minimum absolute atomic E-state index is 0.00557. The van der Waals surface area contributed by atoms with Gasteiger partial charge >= 0.3 is 5.97 Å². The quantitative estimate of drug-likeness (QED) is 0.201. The van der Waals surface area contributed by atoms with Crippen molar-refractivity contribution in [2.75, 3.05) is 25.1 Å². The summed E-state index contributed by atoms with van der Waals surface area (Å²) in [5.74, 6) is -0.992. The largest absolute Gasteiger partial charge is 0.506 e. The summed E-state index contributed by atoms with van der Waals surface area (Å²) in [6.45, 7) is 7.30. The summed E-state index contributed by atoms with van der Waals surface area (Å²) >= 11 is 0. The van der Waals surface area contributed by atoms with Crippen LogP contribution in [-0.4, -0.2) is 41.9 Å². The molecule has 0 unspecified atom stereocenters. The van der Waals surface area contributed by atoms with Gasteiger partial charge in [-0.05, 0) is 36.3 Å². The monoisotopic (exact) mass is 471 g/mol. The van der Waals surface area contributed by atoms with Crippen molar-refractivity contribution in [2.24, 2.45) is 0 Å². The normalized spacial score (nSPS) is 11.3. The molecule has 34 heavy (non-hydrogen) atoms. The van der Waals surface area contributed by atoms with Gasteiger partial charge in [-0.3, -0.25) is 9.59 Å². The van der Waals surface area contributed by atoms with Crippen LogP contribution in [0.4, 0.5) is 5.69 Å². The van der Waals surface area contributed by atoms with Crippen molar-refractivity contribution in [3.05, 3.63) is 53.6 Å². The smallest absolute Gasteiger partial charge is 0.305 e. The number of aromatic hydroxyl groups is 2. The maximum Gasteiger partial charge on any atom is 0.305 e. The molecule has 0 aliphatic rings. The Kier molecular flexibility index (Phi) is 10.9. The van der Waals surface area contributed by atoms with Crippen molar-refractivity contribution in [1.82, 2.24) is 0 Å². The average molecular weight is 472 g/mol. The van der Waals surface area contributed by atoms with Crippen molar-refractivity contribution >= 4 is 17.6 Å². The molecule has 0 radical (unpaired) electrons. The third-order valence-electron chi connectivity index (χ3n) is 5.67.